The number of benzene rings is 1. The first kappa shape index (κ1) is 10.5. The molecule has 84 valence electrons. The maximum Gasteiger partial charge on any atom is 0.165 e. The van der Waals surface area contributed by atoms with Gasteiger partial charge in [-0.05, 0) is 19.1 Å². The SMILES string of the molecule is COc1cc(-n2nc(N)cc2C)ccc1F. The number of methoxy groups -OCH3 is 1. The first-order chi connectivity index (χ1) is 7.61. The van der Waals surface area contributed by atoms with Crippen LogP contribution >= 0.6 is 0 Å². The van der Waals surface area contributed by atoms with Crippen molar-refractivity contribution in [1.82, 2.24) is 9.78 Å². The van der Waals surface area contributed by atoms with Crippen molar-refractivity contribution < 1.29 is 9.13 Å². The van der Waals surface area contributed by atoms with Crippen LogP contribution in [0.15, 0.2) is 24.3 Å². The molecule has 2 aromatic rings. The molecule has 0 spiro atoms. The number of nitrogen functional groups attached to an aromatic ring is 1. The van der Waals surface area contributed by atoms with Crippen LogP contribution in [-0.4, -0.2) is 16.9 Å². The molecule has 2 N–H and O–H groups in total. The van der Waals surface area contributed by atoms with Gasteiger partial charge < -0.3 is 10.5 Å². The number of anilines is 1. The number of hydrogen-bond acceptors (Lipinski definition) is 3. The molecule has 0 saturated carbocycles. The zero-order valence-electron chi connectivity index (χ0n) is 9.07. The Hall–Kier alpha value is -2.04. The third-order valence-electron chi connectivity index (χ3n) is 2.29. The third kappa shape index (κ3) is 1.71. The second kappa shape index (κ2) is 3.84. The first-order valence-corrected chi connectivity index (χ1v) is 4.78. The van der Waals surface area contributed by atoms with Crippen molar-refractivity contribution in [3.8, 4) is 11.4 Å². The van der Waals surface area contributed by atoms with Gasteiger partial charge in [0, 0.05) is 17.8 Å². The molecule has 4 nitrogen and oxygen atoms in total. The van der Waals surface area contributed by atoms with Crippen molar-refractivity contribution in [3.63, 3.8) is 0 Å². The molecule has 0 aliphatic rings. The lowest BCUT2D eigenvalue weighted by Crippen LogP contribution is -2.00. The number of nitrogens with zero attached hydrogens (tertiary/aromatic N) is 2. The van der Waals surface area contributed by atoms with Crippen molar-refractivity contribution in [2.45, 2.75) is 6.92 Å². The van der Waals surface area contributed by atoms with Crippen LogP contribution in [0.3, 0.4) is 0 Å². The molecular weight excluding hydrogens is 209 g/mol. The van der Waals surface area contributed by atoms with Crippen LogP contribution in [0.1, 0.15) is 5.69 Å². The molecule has 0 amide bonds. The molecule has 1 heterocycles. The minimum atomic E-state index is -0.399. The summed E-state index contributed by atoms with van der Waals surface area (Å²) in [7, 11) is 1.42. The van der Waals surface area contributed by atoms with Crippen molar-refractivity contribution in [2.24, 2.45) is 0 Å². The first-order valence-electron chi connectivity index (χ1n) is 4.78. The van der Waals surface area contributed by atoms with Gasteiger partial charge in [-0.15, -0.1) is 0 Å². The fourth-order valence-corrected chi connectivity index (χ4v) is 1.54. The maximum absolute atomic E-state index is 13.2. The highest BCUT2D eigenvalue weighted by Crippen LogP contribution is 2.22. The summed E-state index contributed by atoms with van der Waals surface area (Å²) in [5.74, 6) is 0.218. The summed E-state index contributed by atoms with van der Waals surface area (Å²) in [4.78, 5) is 0. The van der Waals surface area contributed by atoms with Crippen molar-refractivity contribution >= 4 is 5.82 Å². The van der Waals surface area contributed by atoms with E-state index < -0.39 is 5.82 Å². The van der Waals surface area contributed by atoms with Gasteiger partial charge >= 0.3 is 0 Å². The van der Waals surface area contributed by atoms with E-state index in [4.69, 9.17) is 10.5 Å². The topological polar surface area (TPSA) is 53.1 Å². The van der Waals surface area contributed by atoms with E-state index in [0.717, 1.165) is 5.69 Å². The zero-order chi connectivity index (χ0) is 11.7. The second-order valence-electron chi connectivity index (χ2n) is 3.44. The molecule has 5 heteroatoms. The average molecular weight is 221 g/mol. The van der Waals surface area contributed by atoms with E-state index in [2.05, 4.69) is 5.10 Å². The Morgan fingerprint density at radius 2 is 2.12 bits per heavy atom. The van der Waals surface area contributed by atoms with E-state index in [-0.39, 0.29) is 5.75 Å². The maximum atomic E-state index is 13.2. The normalized spacial score (nSPS) is 10.4. The van der Waals surface area contributed by atoms with Crippen LogP contribution in [-0.2, 0) is 0 Å². The van der Waals surface area contributed by atoms with E-state index in [1.54, 1.807) is 22.9 Å². The summed E-state index contributed by atoms with van der Waals surface area (Å²) < 4.78 is 19.8. The minimum Gasteiger partial charge on any atom is -0.494 e. The molecule has 0 saturated heterocycles. The van der Waals surface area contributed by atoms with Gasteiger partial charge in [0.1, 0.15) is 5.82 Å². The number of aryl methyl sites for hydroxylation is 1. The lowest BCUT2D eigenvalue weighted by atomic mass is 10.3. The van der Waals surface area contributed by atoms with E-state index >= 15 is 0 Å². The number of rotatable bonds is 2. The van der Waals surface area contributed by atoms with Crippen molar-refractivity contribution in [3.05, 3.63) is 35.8 Å². The molecule has 0 aliphatic carbocycles. The monoisotopic (exact) mass is 221 g/mol. The molecule has 2 rings (SSSR count). The lowest BCUT2D eigenvalue weighted by molar-refractivity contribution is 0.386. The number of hydrogen-bond donors (Lipinski definition) is 1. The molecule has 1 aromatic heterocycles. The Bertz CT molecular complexity index is 522. The molecular formula is C11H12FN3O. The smallest absolute Gasteiger partial charge is 0.165 e. The number of aromatic nitrogens is 2. The number of nitrogens with two attached hydrogens (primary N) is 1. The van der Waals surface area contributed by atoms with Gasteiger partial charge in [0.25, 0.3) is 0 Å². The summed E-state index contributed by atoms with van der Waals surface area (Å²) in [6, 6.07) is 6.29. The van der Waals surface area contributed by atoms with E-state index in [1.807, 2.05) is 6.92 Å². The van der Waals surface area contributed by atoms with E-state index in [0.29, 0.717) is 11.5 Å². The van der Waals surface area contributed by atoms with Crippen LogP contribution in [0.5, 0.6) is 5.75 Å². The highest BCUT2D eigenvalue weighted by atomic mass is 19.1. The summed E-state index contributed by atoms with van der Waals surface area (Å²) >= 11 is 0. The summed E-state index contributed by atoms with van der Waals surface area (Å²) in [5, 5.41) is 4.10. The Labute approximate surface area is 92.4 Å². The highest BCUT2D eigenvalue weighted by Gasteiger charge is 2.08. The Morgan fingerprint density at radius 3 is 2.69 bits per heavy atom. The molecule has 1 aromatic carbocycles. The predicted molar refractivity (Wildman–Crippen MR) is 59.2 cm³/mol. The van der Waals surface area contributed by atoms with E-state index in [1.165, 1.54) is 13.2 Å². The minimum absolute atomic E-state index is 0.186. The van der Waals surface area contributed by atoms with Crippen LogP contribution in [0.4, 0.5) is 10.2 Å². The van der Waals surface area contributed by atoms with Gasteiger partial charge in [0.2, 0.25) is 0 Å². The Balaban J connectivity index is 2.52. The van der Waals surface area contributed by atoms with Gasteiger partial charge in [0.15, 0.2) is 11.6 Å². The molecule has 0 atom stereocenters. The summed E-state index contributed by atoms with van der Waals surface area (Å²) in [6.07, 6.45) is 0. The Morgan fingerprint density at radius 1 is 1.38 bits per heavy atom. The van der Waals surface area contributed by atoms with Crippen molar-refractivity contribution in [2.75, 3.05) is 12.8 Å². The molecule has 0 radical (unpaired) electrons. The summed E-state index contributed by atoms with van der Waals surface area (Å²) in [5.41, 5.74) is 7.18. The fraction of sp³-hybridized carbons (Fsp3) is 0.182. The third-order valence-corrected chi connectivity index (χ3v) is 2.29. The highest BCUT2D eigenvalue weighted by molar-refractivity contribution is 5.43. The quantitative estimate of drug-likeness (QED) is 0.842. The molecule has 0 aliphatic heterocycles. The largest absolute Gasteiger partial charge is 0.494 e. The lowest BCUT2D eigenvalue weighted by Gasteiger charge is -2.07. The number of ether oxygens (including phenoxy) is 1. The van der Waals surface area contributed by atoms with Gasteiger partial charge in [-0.25, -0.2) is 9.07 Å². The van der Waals surface area contributed by atoms with Gasteiger partial charge in [-0.2, -0.15) is 5.10 Å². The molecule has 16 heavy (non-hydrogen) atoms. The predicted octanol–water partition coefficient (Wildman–Crippen LogP) is 1.91. The zero-order valence-corrected chi connectivity index (χ0v) is 9.07. The van der Waals surface area contributed by atoms with Gasteiger partial charge in [0.05, 0.1) is 12.8 Å². The second-order valence-corrected chi connectivity index (χ2v) is 3.44. The van der Waals surface area contributed by atoms with Crippen LogP contribution in [0.25, 0.3) is 5.69 Å². The standard InChI is InChI=1S/C11H12FN3O/c1-7-5-11(13)14-15(7)8-3-4-9(12)10(6-8)16-2/h3-6H,1-2H3,(H2,13,14). The number of halogens is 1. The van der Waals surface area contributed by atoms with Crippen LogP contribution in [0, 0.1) is 12.7 Å². The van der Waals surface area contributed by atoms with Gasteiger partial charge in [-0.3, -0.25) is 0 Å². The molecule has 0 fully saturated rings. The Kier molecular flexibility index (Phi) is 2.52. The van der Waals surface area contributed by atoms with Crippen LogP contribution < -0.4 is 10.5 Å². The fourth-order valence-electron chi connectivity index (χ4n) is 1.54. The van der Waals surface area contributed by atoms with Gasteiger partial charge in [-0.1, -0.05) is 0 Å². The van der Waals surface area contributed by atoms with E-state index in [9.17, 15) is 4.39 Å². The molecule has 0 bridgehead atoms. The average Bonchev–Trinajstić information content (AvgIpc) is 2.59. The van der Waals surface area contributed by atoms with Crippen molar-refractivity contribution in [1.29, 1.82) is 0 Å². The molecule has 0 unspecified atom stereocenters. The van der Waals surface area contributed by atoms with Crippen LogP contribution in [0.2, 0.25) is 0 Å². The summed E-state index contributed by atoms with van der Waals surface area (Å²) in [6.45, 7) is 1.87.